The highest BCUT2D eigenvalue weighted by atomic mass is 19.4. The second-order valence-electron chi connectivity index (χ2n) is 5.64. The molecular formula is C18H19F3N2O5. The molecule has 0 bridgehead atoms. The van der Waals surface area contributed by atoms with Crippen LogP contribution in [0.1, 0.15) is 18.9 Å². The molecule has 0 saturated heterocycles. The highest BCUT2D eigenvalue weighted by molar-refractivity contribution is 5.96. The lowest BCUT2D eigenvalue weighted by molar-refractivity contribution is -0.192. The molecule has 0 unspecified atom stereocenters. The zero-order valence-corrected chi connectivity index (χ0v) is 14.8. The minimum absolute atomic E-state index is 0.247. The lowest BCUT2D eigenvalue weighted by Gasteiger charge is -2.15. The van der Waals surface area contributed by atoms with Crippen LogP contribution >= 0.6 is 0 Å². The number of carboxylic acid groups (broad SMARTS) is 1. The maximum absolute atomic E-state index is 11.7. The predicted octanol–water partition coefficient (Wildman–Crippen LogP) is 2.49. The number of nitrogens with two attached hydrogens (primary N) is 1. The summed E-state index contributed by atoms with van der Waals surface area (Å²) in [6.07, 6.45) is 2.12. The highest BCUT2D eigenvalue weighted by Crippen LogP contribution is 2.19. The van der Waals surface area contributed by atoms with Gasteiger partial charge < -0.3 is 20.9 Å². The number of alkyl halides is 3. The van der Waals surface area contributed by atoms with Gasteiger partial charge in [0.15, 0.2) is 0 Å². The first kappa shape index (κ1) is 22.9. The van der Waals surface area contributed by atoms with Crippen LogP contribution in [-0.4, -0.2) is 41.3 Å². The Balaban J connectivity index is 0.000000480. The molecule has 1 amide bonds. The van der Waals surface area contributed by atoms with Crippen LogP contribution in [0.2, 0.25) is 0 Å². The summed E-state index contributed by atoms with van der Waals surface area (Å²) in [6, 6.07) is 6.79. The number of esters is 1. The quantitative estimate of drug-likeness (QED) is 0.668. The van der Waals surface area contributed by atoms with Crippen molar-refractivity contribution in [2.45, 2.75) is 31.7 Å². The van der Waals surface area contributed by atoms with Crippen molar-refractivity contribution in [3.05, 3.63) is 48.1 Å². The molecule has 1 aliphatic rings. The number of rotatable bonds is 4. The molecule has 0 spiro atoms. The molecule has 1 aromatic carbocycles. The molecule has 2 rings (SSSR count). The smallest absolute Gasteiger partial charge is 0.475 e. The average Bonchev–Trinajstić information content (AvgIpc) is 2.60. The molecule has 0 aliphatic carbocycles. The van der Waals surface area contributed by atoms with Crippen molar-refractivity contribution < 1.29 is 37.4 Å². The summed E-state index contributed by atoms with van der Waals surface area (Å²) in [4.78, 5) is 31.7. The number of para-hydroxylation sites is 1. The first-order valence-electron chi connectivity index (χ1n) is 8.01. The van der Waals surface area contributed by atoms with Crippen LogP contribution < -0.4 is 11.1 Å². The average molecular weight is 400 g/mol. The Morgan fingerprint density at radius 2 is 1.96 bits per heavy atom. The van der Waals surface area contributed by atoms with E-state index in [1.54, 1.807) is 25.1 Å². The number of carbonyl (C=O) groups excluding carboxylic acids is 2. The number of benzene rings is 1. The Kier molecular flexibility index (Phi) is 8.39. The number of anilines is 1. The molecule has 1 heterocycles. The van der Waals surface area contributed by atoms with Gasteiger partial charge in [0, 0.05) is 18.2 Å². The van der Waals surface area contributed by atoms with Crippen LogP contribution in [0.25, 0.3) is 6.08 Å². The molecule has 4 N–H and O–H groups in total. The molecular weight excluding hydrogens is 381 g/mol. The summed E-state index contributed by atoms with van der Waals surface area (Å²) in [5.74, 6) is -3.34. The Morgan fingerprint density at radius 1 is 1.36 bits per heavy atom. The number of cyclic esters (lactones) is 1. The highest BCUT2D eigenvalue weighted by Gasteiger charge is 2.38. The molecule has 1 aromatic rings. The number of halogens is 3. The van der Waals surface area contributed by atoms with Gasteiger partial charge >= 0.3 is 18.1 Å². The van der Waals surface area contributed by atoms with Gasteiger partial charge in [-0.05, 0) is 24.6 Å². The van der Waals surface area contributed by atoms with Gasteiger partial charge in [0.1, 0.15) is 6.10 Å². The maximum Gasteiger partial charge on any atom is 0.490 e. The normalized spacial score (nSPS) is 17.3. The zero-order valence-electron chi connectivity index (χ0n) is 14.8. The van der Waals surface area contributed by atoms with E-state index in [-0.39, 0.29) is 18.0 Å². The van der Waals surface area contributed by atoms with Crippen LogP contribution in [0.3, 0.4) is 0 Å². The lowest BCUT2D eigenvalue weighted by atomic mass is 10.1. The predicted molar refractivity (Wildman–Crippen MR) is 95.1 cm³/mol. The van der Waals surface area contributed by atoms with Gasteiger partial charge in [-0.3, -0.25) is 4.79 Å². The number of hydrogen-bond donors (Lipinski definition) is 3. The van der Waals surface area contributed by atoms with Crippen LogP contribution in [-0.2, 0) is 19.1 Å². The fourth-order valence-electron chi connectivity index (χ4n) is 1.87. The molecule has 28 heavy (non-hydrogen) atoms. The molecule has 1 aliphatic heterocycles. The number of carbonyl (C=O) groups is 3. The van der Waals surface area contributed by atoms with Crippen molar-refractivity contribution in [1.82, 2.24) is 0 Å². The monoisotopic (exact) mass is 400 g/mol. The SMILES string of the molecule is C[C@H](N)C(=O)Nc1ccccc1/C=C/[C@H]1CC=CC(=O)O1.O=C(O)C(F)(F)F. The van der Waals surface area contributed by atoms with Crippen LogP contribution in [0.15, 0.2) is 42.5 Å². The minimum atomic E-state index is -5.08. The lowest BCUT2D eigenvalue weighted by Crippen LogP contribution is -2.32. The Morgan fingerprint density at radius 3 is 2.50 bits per heavy atom. The fraction of sp³-hybridized carbons (Fsp3) is 0.278. The number of aliphatic carboxylic acids is 1. The third kappa shape index (κ3) is 8.04. The first-order valence-corrected chi connectivity index (χ1v) is 8.01. The van der Waals surface area contributed by atoms with Gasteiger partial charge in [-0.1, -0.05) is 30.4 Å². The van der Waals surface area contributed by atoms with Crippen molar-refractivity contribution in [3.63, 3.8) is 0 Å². The van der Waals surface area contributed by atoms with Gasteiger partial charge in [-0.25, -0.2) is 9.59 Å². The first-order chi connectivity index (χ1) is 13.0. The van der Waals surface area contributed by atoms with E-state index in [0.29, 0.717) is 12.1 Å². The molecule has 0 aromatic heterocycles. The van der Waals surface area contributed by atoms with Gasteiger partial charge in [0.25, 0.3) is 0 Å². The summed E-state index contributed by atoms with van der Waals surface area (Å²) in [7, 11) is 0. The topological polar surface area (TPSA) is 119 Å². The Bertz CT molecular complexity index is 773. The van der Waals surface area contributed by atoms with E-state index in [9.17, 15) is 22.8 Å². The van der Waals surface area contributed by atoms with Crippen molar-refractivity contribution in [2.24, 2.45) is 5.73 Å². The summed E-state index contributed by atoms with van der Waals surface area (Å²) in [5.41, 5.74) is 7.05. The number of hydrogen-bond acceptors (Lipinski definition) is 5. The van der Waals surface area contributed by atoms with Crippen LogP contribution in [0.5, 0.6) is 0 Å². The fourth-order valence-corrected chi connectivity index (χ4v) is 1.87. The summed E-state index contributed by atoms with van der Waals surface area (Å²) >= 11 is 0. The van der Waals surface area contributed by atoms with E-state index in [1.807, 2.05) is 24.3 Å². The summed E-state index contributed by atoms with van der Waals surface area (Å²) in [5, 5.41) is 9.89. The number of carboxylic acids is 1. The van der Waals surface area contributed by atoms with E-state index in [1.165, 1.54) is 6.08 Å². The summed E-state index contributed by atoms with van der Waals surface area (Å²) < 4.78 is 36.9. The van der Waals surface area contributed by atoms with Gasteiger partial charge in [0.2, 0.25) is 5.91 Å². The minimum Gasteiger partial charge on any atom is -0.475 e. The van der Waals surface area contributed by atoms with Crippen molar-refractivity contribution in [2.75, 3.05) is 5.32 Å². The number of nitrogens with one attached hydrogen (secondary N) is 1. The van der Waals surface area contributed by atoms with Gasteiger partial charge in [0.05, 0.1) is 6.04 Å². The van der Waals surface area contributed by atoms with Crippen molar-refractivity contribution >= 4 is 29.6 Å². The zero-order chi connectivity index (χ0) is 21.3. The standard InChI is InChI=1S/C16H18N2O3.C2HF3O2/c1-11(17)16(20)18-14-7-3-2-5-12(14)9-10-13-6-4-8-15(19)21-13;3-2(4,5)1(6)7/h2-5,7-11,13H,6,17H2,1H3,(H,18,20);(H,6,7)/b10-9+;/t11-,13+;/m0./s1. The van der Waals surface area contributed by atoms with Crippen LogP contribution in [0, 0.1) is 0 Å². The van der Waals surface area contributed by atoms with Crippen LogP contribution in [0.4, 0.5) is 18.9 Å². The molecule has 2 atom stereocenters. The largest absolute Gasteiger partial charge is 0.490 e. The molecule has 10 heteroatoms. The Labute approximate surface area is 158 Å². The van der Waals surface area contributed by atoms with E-state index in [0.717, 1.165) is 5.56 Å². The molecule has 152 valence electrons. The van der Waals surface area contributed by atoms with E-state index in [4.69, 9.17) is 20.4 Å². The second-order valence-corrected chi connectivity index (χ2v) is 5.64. The molecule has 0 fully saturated rings. The summed E-state index contributed by atoms with van der Waals surface area (Å²) in [6.45, 7) is 1.63. The molecule has 7 nitrogen and oxygen atoms in total. The van der Waals surface area contributed by atoms with Crippen molar-refractivity contribution in [1.29, 1.82) is 0 Å². The third-order valence-corrected chi connectivity index (χ3v) is 3.26. The van der Waals surface area contributed by atoms with E-state index >= 15 is 0 Å². The van der Waals surface area contributed by atoms with Gasteiger partial charge in [-0.2, -0.15) is 13.2 Å². The molecule has 0 saturated carbocycles. The Hall–Kier alpha value is -3.14. The van der Waals surface area contributed by atoms with Crippen molar-refractivity contribution in [3.8, 4) is 0 Å². The number of amides is 1. The third-order valence-electron chi connectivity index (χ3n) is 3.26. The van der Waals surface area contributed by atoms with E-state index < -0.39 is 18.2 Å². The van der Waals surface area contributed by atoms with Gasteiger partial charge in [-0.15, -0.1) is 0 Å². The number of ether oxygens (including phenoxy) is 1. The van der Waals surface area contributed by atoms with E-state index in [2.05, 4.69) is 5.32 Å². The maximum atomic E-state index is 11.7. The second kappa shape index (κ2) is 10.3. The molecule has 0 radical (unpaired) electrons.